The van der Waals surface area contributed by atoms with Gasteiger partial charge < -0.3 is 20.6 Å². The largest absolute Gasteiger partial charge is 0.395 e. The van der Waals surface area contributed by atoms with Crippen molar-refractivity contribution in [1.82, 2.24) is 20.6 Å². The quantitative estimate of drug-likeness (QED) is 0.332. The second-order valence-corrected chi connectivity index (χ2v) is 7.54. The Morgan fingerprint density at radius 3 is 2.68 bits per heavy atom. The lowest BCUT2D eigenvalue weighted by atomic mass is 10.2. The highest BCUT2D eigenvalue weighted by atomic mass is 32.2. The standard InChI is InChI=1S/C20H22N6O4S/c1-26(9-10-27)16-12-14(11-15-18(29)25-20(30)31-15)23-19(24-16)22-8-7-21-17(28)13-5-3-2-4-6-13/h2-6,11-12,27H,7-10H2,1H3,(H,21,28)(H,22,23,24)(H,25,29,30)/b15-11-. The van der Waals surface area contributed by atoms with Crippen molar-refractivity contribution >= 4 is 46.7 Å². The molecule has 3 rings (SSSR count). The first-order valence-electron chi connectivity index (χ1n) is 9.49. The summed E-state index contributed by atoms with van der Waals surface area (Å²) in [6.07, 6.45) is 1.51. The Morgan fingerprint density at radius 1 is 1.23 bits per heavy atom. The SMILES string of the molecule is CN(CCO)c1cc(/C=C2\SC(=O)NC2=O)nc(NCCNC(=O)c2ccccc2)n1. The summed E-state index contributed by atoms with van der Waals surface area (Å²) in [4.78, 5) is 46.1. The number of aliphatic hydroxyl groups excluding tert-OH is 1. The molecule has 1 aromatic heterocycles. The average Bonchev–Trinajstić information content (AvgIpc) is 3.08. The minimum Gasteiger partial charge on any atom is -0.395 e. The lowest BCUT2D eigenvalue weighted by molar-refractivity contribution is -0.115. The summed E-state index contributed by atoms with van der Waals surface area (Å²) in [5, 5.41) is 16.8. The van der Waals surface area contributed by atoms with Gasteiger partial charge >= 0.3 is 0 Å². The summed E-state index contributed by atoms with van der Waals surface area (Å²) in [7, 11) is 1.76. The average molecular weight is 443 g/mol. The maximum atomic E-state index is 12.1. The minimum absolute atomic E-state index is 0.0576. The van der Waals surface area contributed by atoms with Gasteiger partial charge in [-0.25, -0.2) is 4.98 Å². The van der Waals surface area contributed by atoms with Crippen LogP contribution < -0.4 is 20.9 Å². The molecule has 0 bridgehead atoms. The van der Waals surface area contributed by atoms with Crippen LogP contribution in [-0.2, 0) is 4.79 Å². The molecule has 0 saturated carbocycles. The number of amides is 3. The molecule has 2 heterocycles. The fraction of sp³-hybridized carbons (Fsp3) is 0.250. The zero-order valence-electron chi connectivity index (χ0n) is 16.8. The number of nitrogens with one attached hydrogen (secondary N) is 3. The van der Waals surface area contributed by atoms with Crippen molar-refractivity contribution in [3.05, 3.63) is 52.6 Å². The molecule has 4 N–H and O–H groups in total. The van der Waals surface area contributed by atoms with Crippen LogP contribution in [0.3, 0.4) is 0 Å². The molecule has 0 unspecified atom stereocenters. The van der Waals surface area contributed by atoms with E-state index in [1.807, 2.05) is 6.07 Å². The van der Waals surface area contributed by atoms with Crippen molar-refractivity contribution in [1.29, 1.82) is 0 Å². The molecule has 11 heteroatoms. The van der Waals surface area contributed by atoms with E-state index in [0.717, 1.165) is 11.8 Å². The zero-order chi connectivity index (χ0) is 22.2. The summed E-state index contributed by atoms with van der Waals surface area (Å²) in [5.74, 6) is 0.162. The van der Waals surface area contributed by atoms with E-state index in [2.05, 4.69) is 25.9 Å². The van der Waals surface area contributed by atoms with Gasteiger partial charge in [-0.1, -0.05) is 18.2 Å². The van der Waals surface area contributed by atoms with Gasteiger partial charge in [-0.3, -0.25) is 19.7 Å². The third kappa shape index (κ3) is 6.27. The monoisotopic (exact) mass is 442 g/mol. The Labute approximate surface area is 183 Å². The number of thioether (sulfide) groups is 1. The van der Waals surface area contributed by atoms with Crippen molar-refractivity contribution < 1.29 is 19.5 Å². The van der Waals surface area contributed by atoms with Crippen molar-refractivity contribution in [2.45, 2.75) is 0 Å². The molecule has 2 aromatic rings. The number of anilines is 2. The molecular formula is C20H22N6O4S. The Hall–Kier alpha value is -3.44. The number of imide groups is 1. The van der Waals surface area contributed by atoms with Crippen molar-refractivity contribution in [2.24, 2.45) is 0 Å². The van der Waals surface area contributed by atoms with E-state index < -0.39 is 11.1 Å². The molecule has 1 saturated heterocycles. The lowest BCUT2D eigenvalue weighted by Crippen LogP contribution is -2.29. The first-order valence-corrected chi connectivity index (χ1v) is 10.3. The van der Waals surface area contributed by atoms with E-state index in [4.69, 9.17) is 0 Å². The van der Waals surface area contributed by atoms with Crippen LogP contribution in [0.2, 0.25) is 0 Å². The molecule has 0 aliphatic carbocycles. The van der Waals surface area contributed by atoms with E-state index in [0.29, 0.717) is 36.7 Å². The molecule has 1 aromatic carbocycles. The number of carbonyl (C=O) groups excluding carboxylic acids is 3. The van der Waals surface area contributed by atoms with E-state index in [-0.39, 0.29) is 23.4 Å². The van der Waals surface area contributed by atoms with Gasteiger partial charge in [0.15, 0.2) is 0 Å². The summed E-state index contributed by atoms with van der Waals surface area (Å²) < 4.78 is 0. The van der Waals surface area contributed by atoms with Gasteiger partial charge in [-0.2, -0.15) is 4.98 Å². The Bertz CT molecular complexity index is 998. The first kappa shape index (κ1) is 22.2. The Morgan fingerprint density at radius 2 is 2.00 bits per heavy atom. The number of likely N-dealkylation sites (N-methyl/N-ethyl adjacent to an activating group) is 1. The first-order chi connectivity index (χ1) is 15.0. The highest BCUT2D eigenvalue weighted by Gasteiger charge is 2.25. The van der Waals surface area contributed by atoms with E-state index in [1.54, 1.807) is 42.3 Å². The van der Waals surface area contributed by atoms with Crippen LogP contribution >= 0.6 is 11.8 Å². The molecule has 162 valence electrons. The van der Waals surface area contributed by atoms with E-state index in [1.165, 1.54) is 6.08 Å². The Balaban J connectivity index is 1.69. The molecule has 1 aliphatic heterocycles. The second kappa shape index (κ2) is 10.5. The minimum atomic E-state index is -0.475. The predicted molar refractivity (Wildman–Crippen MR) is 119 cm³/mol. The van der Waals surface area contributed by atoms with E-state index in [9.17, 15) is 19.5 Å². The van der Waals surface area contributed by atoms with E-state index >= 15 is 0 Å². The molecule has 3 amide bonds. The van der Waals surface area contributed by atoms with Crippen LogP contribution in [0.25, 0.3) is 6.08 Å². The van der Waals surface area contributed by atoms with Crippen LogP contribution in [0, 0.1) is 0 Å². The summed E-state index contributed by atoms with van der Waals surface area (Å²) >= 11 is 0.801. The summed E-state index contributed by atoms with van der Waals surface area (Å²) in [6.45, 7) is 1.01. The number of benzene rings is 1. The van der Waals surface area contributed by atoms with Gasteiger partial charge in [-0.15, -0.1) is 0 Å². The van der Waals surface area contributed by atoms with Gasteiger partial charge in [0.1, 0.15) is 5.82 Å². The number of nitrogens with zero attached hydrogens (tertiary/aromatic N) is 3. The lowest BCUT2D eigenvalue weighted by Gasteiger charge is -2.18. The third-order valence-electron chi connectivity index (χ3n) is 4.21. The van der Waals surface area contributed by atoms with Gasteiger partial charge in [0.05, 0.1) is 17.2 Å². The van der Waals surface area contributed by atoms with Crippen LogP contribution in [0.4, 0.5) is 16.6 Å². The number of hydrogen-bond acceptors (Lipinski definition) is 9. The molecule has 0 spiro atoms. The van der Waals surface area contributed by atoms with Crippen LogP contribution in [0.1, 0.15) is 16.1 Å². The van der Waals surface area contributed by atoms with Crippen molar-refractivity contribution in [3.8, 4) is 0 Å². The highest BCUT2D eigenvalue weighted by Crippen LogP contribution is 2.26. The molecule has 10 nitrogen and oxygen atoms in total. The molecule has 1 fully saturated rings. The molecule has 1 aliphatic rings. The predicted octanol–water partition coefficient (Wildman–Crippen LogP) is 1.07. The highest BCUT2D eigenvalue weighted by molar-refractivity contribution is 8.18. The molecule has 0 atom stereocenters. The third-order valence-corrected chi connectivity index (χ3v) is 5.02. The fourth-order valence-corrected chi connectivity index (χ4v) is 3.33. The normalized spacial score (nSPS) is 14.5. The maximum Gasteiger partial charge on any atom is 0.290 e. The molecule has 31 heavy (non-hydrogen) atoms. The van der Waals surface area contributed by atoms with Crippen LogP contribution in [-0.4, -0.2) is 65.4 Å². The number of carbonyl (C=O) groups is 3. The number of rotatable bonds is 9. The van der Waals surface area contributed by atoms with Gasteiger partial charge in [0.2, 0.25) is 5.95 Å². The Kier molecular flexibility index (Phi) is 7.57. The zero-order valence-corrected chi connectivity index (χ0v) is 17.6. The maximum absolute atomic E-state index is 12.1. The van der Waals surface area contributed by atoms with Crippen molar-refractivity contribution in [3.63, 3.8) is 0 Å². The smallest absolute Gasteiger partial charge is 0.290 e. The number of hydrogen-bond donors (Lipinski definition) is 4. The topological polar surface area (TPSA) is 137 Å². The van der Waals surface area contributed by atoms with Crippen LogP contribution in [0.5, 0.6) is 0 Å². The van der Waals surface area contributed by atoms with Crippen LogP contribution in [0.15, 0.2) is 41.3 Å². The fourth-order valence-electron chi connectivity index (χ4n) is 2.66. The summed E-state index contributed by atoms with van der Waals surface area (Å²) in [6, 6.07) is 10.5. The van der Waals surface area contributed by atoms with Gasteiger partial charge in [0, 0.05) is 38.3 Å². The summed E-state index contributed by atoms with van der Waals surface area (Å²) in [5.41, 5.74) is 1.00. The second-order valence-electron chi connectivity index (χ2n) is 6.52. The molecular weight excluding hydrogens is 420 g/mol. The van der Waals surface area contributed by atoms with Gasteiger partial charge in [-0.05, 0) is 30.0 Å². The molecule has 0 radical (unpaired) electrons. The number of aliphatic hydroxyl groups is 1. The number of aromatic nitrogens is 2. The van der Waals surface area contributed by atoms with Crippen molar-refractivity contribution in [2.75, 3.05) is 43.5 Å². The van der Waals surface area contributed by atoms with Gasteiger partial charge in [0.25, 0.3) is 17.1 Å².